The first-order valence-corrected chi connectivity index (χ1v) is 8.94. The van der Waals surface area contributed by atoms with Crippen molar-refractivity contribution in [3.8, 4) is 0 Å². The Kier molecular flexibility index (Phi) is 4.85. The molecule has 1 fully saturated rings. The highest BCUT2D eigenvalue weighted by molar-refractivity contribution is 9.10. The third-order valence-corrected chi connectivity index (χ3v) is 5.23. The largest absolute Gasteiger partial charge is 0.341 e. The van der Waals surface area contributed by atoms with E-state index in [1.165, 1.54) is 18.4 Å². The molecule has 0 amide bonds. The number of hydrogen-bond donors (Lipinski definition) is 1. The van der Waals surface area contributed by atoms with Gasteiger partial charge in [-0.25, -0.2) is 4.98 Å². The molecule has 0 aliphatic carbocycles. The van der Waals surface area contributed by atoms with Gasteiger partial charge in [0, 0.05) is 35.0 Å². The molecule has 3 rings (SSSR count). The third-order valence-electron chi connectivity index (χ3n) is 4.34. The first kappa shape index (κ1) is 16.2. The van der Waals surface area contributed by atoms with Gasteiger partial charge in [0.15, 0.2) is 0 Å². The number of anilines is 3. The van der Waals surface area contributed by atoms with Gasteiger partial charge in [-0.2, -0.15) is 4.98 Å². The quantitative estimate of drug-likeness (QED) is 0.834. The molecule has 1 aliphatic rings. The maximum Gasteiger partial charge on any atom is 0.227 e. The predicted molar refractivity (Wildman–Crippen MR) is 99.5 cm³/mol. The molecule has 1 saturated heterocycles. The van der Waals surface area contributed by atoms with Crippen molar-refractivity contribution in [2.75, 3.05) is 23.3 Å². The van der Waals surface area contributed by atoms with Crippen LogP contribution < -0.4 is 10.2 Å². The summed E-state index contributed by atoms with van der Waals surface area (Å²) in [6, 6.07) is 8.21. The molecular weight excluding hydrogens is 352 g/mol. The molecule has 0 unspecified atom stereocenters. The van der Waals surface area contributed by atoms with Gasteiger partial charge in [0.2, 0.25) is 5.95 Å². The van der Waals surface area contributed by atoms with E-state index in [0.29, 0.717) is 0 Å². The molecule has 0 spiro atoms. The van der Waals surface area contributed by atoms with Crippen LogP contribution in [0.1, 0.15) is 31.0 Å². The minimum absolute atomic E-state index is 0.805. The average molecular weight is 375 g/mol. The normalized spacial score (nSPS) is 15.7. The molecule has 23 heavy (non-hydrogen) atoms. The topological polar surface area (TPSA) is 41.1 Å². The van der Waals surface area contributed by atoms with Gasteiger partial charge in [-0.3, -0.25) is 0 Å². The van der Waals surface area contributed by atoms with Crippen LogP contribution in [-0.4, -0.2) is 23.1 Å². The van der Waals surface area contributed by atoms with Crippen LogP contribution in [0, 0.1) is 19.8 Å². The van der Waals surface area contributed by atoms with Gasteiger partial charge in [0.25, 0.3) is 0 Å². The lowest BCUT2D eigenvalue weighted by atomic mass is 10.00. The lowest BCUT2D eigenvalue weighted by Gasteiger charge is -2.30. The van der Waals surface area contributed by atoms with Crippen LogP contribution in [0.15, 0.2) is 28.7 Å². The molecule has 2 heterocycles. The lowest BCUT2D eigenvalue weighted by Crippen LogP contribution is -2.34. The summed E-state index contributed by atoms with van der Waals surface area (Å²) in [6.07, 6.45) is 2.43. The molecule has 0 saturated carbocycles. The summed E-state index contributed by atoms with van der Waals surface area (Å²) in [6.45, 7) is 8.51. The Balaban J connectivity index is 1.81. The summed E-state index contributed by atoms with van der Waals surface area (Å²) in [5.41, 5.74) is 3.23. The van der Waals surface area contributed by atoms with Gasteiger partial charge in [-0.05, 0) is 56.4 Å². The minimum Gasteiger partial charge on any atom is -0.341 e. The Morgan fingerprint density at radius 1 is 1.13 bits per heavy atom. The van der Waals surface area contributed by atoms with Crippen LogP contribution >= 0.6 is 15.9 Å². The maximum atomic E-state index is 4.72. The number of aryl methyl sites for hydroxylation is 2. The molecule has 1 aromatic carbocycles. The highest BCUT2D eigenvalue weighted by Crippen LogP contribution is 2.25. The Morgan fingerprint density at radius 3 is 2.57 bits per heavy atom. The van der Waals surface area contributed by atoms with Crippen LogP contribution in [0.3, 0.4) is 0 Å². The number of halogens is 1. The Bertz CT molecular complexity index is 693. The van der Waals surface area contributed by atoms with Gasteiger partial charge >= 0.3 is 0 Å². The highest BCUT2D eigenvalue weighted by atomic mass is 79.9. The highest BCUT2D eigenvalue weighted by Gasteiger charge is 2.18. The van der Waals surface area contributed by atoms with Gasteiger partial charge in [-0.15, -0.1) is 0 Å². The summed E-state index contributed by atoms with van der Waals surface area (Å²) in [7, 11) is 0. The molecule has 0 radical (unpaired) electrons. The van der Waals surface area contributed by atoms with E-state index in [-0.39, 0.29) is 0 Å². The fourth-order valence-electron chi connectivity index (χ4n) is 2.84. The smallest absolute Gasteiger partial charge is 0.227 e. The van der Waals surface area contributed by atoms with Crippen LogP contribution in [-0.2, 0) is 0 Å². The zero-order chi connectivity index (χ0) is 16.4. The molecule has 2 aromatic rings. The number of nitrogens with one attached hydrogen (secondary N) is 1. The molecule has 1 aliphatic heterocycles. The maximum absolute atomic E-state index is 4.72. The lowest BCUT2D eigenvalue weighted by molar-refractivity contribution is 0.434. The van der Waals surface area contributed by atoms with Crippen LogP contribution in [0.4, 0.5) is 17.5 Å². The van der Waals surface area contributed by atoms with E-state index in [2.05, 4.69) is 63.2 Å². The number of hydrogen-bond acceptors (Lipinski definition) is 4. The molecular formula is C18H23BrN4. The van der Waals surface area contributed by atoms with Crippen molar-refractivity contribution >= 4 is 33.4 Å². The van der Waals surface area contributed by atoms with Crippen molar-refractivity contribution in [1.82, 2.24) is 9.97 Å². The number of nitrogens with zero attached hydrogens (tertiary/aromatic N) is 3. The average Bonchev–Trinajstić information content (AvgIpc) is 2.51. The van der Waals surface area contributed by atoms with Crippen molar-refractivity contribution in [1.29, 1.82) is 0 Å². The van der Waals surface area contributed by atoms with E-state index in [4.69, 9.17) is 4.98 Å². The second kappa shape index (κ2) is 6.87. The van der Waals surface area contributed by atoms with E-state index in [0.717, 1.165) is 46.6 Å². The Hall–Kier alpha value is -1.62. The summed E-state index contributed by atoms with van der Waals surface area (Å²) in [5.74, 6) is 2.50. The number of aromatic nitrogens is 2. The summed E-state index contributed by atoms with van der Waals surface area (Å²) < 4.78 is 1.12. The van der Waals surface area contributed by atoms with Crippen LogP contribution in [0.5, 0.6) is 0 Å². The number of benzene rings is 1. The summed E-state index contributed by atoms with van der Waals surface area (Å²) >= 11 is 3.53. The fraction of sp³-hybridized carbons (Fsp3) is 0.444. The third kappa shape index (κ3) is 4.02. The first-order valence-electron chi connectivity index (χ1n) is 8.15. The molecule has 0 bridgehead atoms. The minimum atomic E-state index is 0.805. The van der Waals surface area contributed by atoms with Crippen LogP contribution in [0.25, 0.3) is 0 Å². The number of rotatable bonds is 3. The van der Waals surface area contributed by atoms with E-state index in [1.807, 2.05) is 13.0 Å². The van der Waals surface area contributed by atoms with Crippen molar-refractivity contribution in [2.45, 2.75) is 33.6 Å². The SMILES string of the molecule is Cc1cc(Nc2ccc(Br)c(C)c2)nc(N2CCC(C)CC2)n1. The molecule has 1 N–H and O–H groups in total. The number of piperidine rings is 1. The van der Waals surface area contributed by atoms with Gasteiger partial charge in [0.05, 0.1) is 0 Å². The fourth-order valence-corrected chi connectivity index (χ4v) is 3.08. The molecule has 0 atom stereocenters. The van der Waals surface area contributed by atoms with Crippen LogP contribution in [0.2, 0.25) is 0 Å². The van der Waals surface area contributed by atoms with E-state index in [9.17, 15) is 0 Å². The Labute approximate surface area is 146 Å². The zero-order valence-electron chi connectivity index (χ0n) is 13.9. The van der Waals surface area contributed by atoms with Crippen molar-refractivity contribution in [2.24, 2.45) is 5.92 Å². The van der Waals surface area contributed by atoms with E-state index in [1.54, 1.807) is 0 Å². The first-order chi connectivity index (χ1) is 11.0. The Morgan fingerprint density at radius 2 is 1.87 bits per heavy atom. The van der Waals surface area contributed by atoms with Gasteiger partial charge in [-0.1, -0.05) is 22.9 Å². The van der Waals surface area contributed by atoms with Gasteiger partial charge < -0.3 is 10.2 Å². The summed E-state index contributed by atoms with van der Waals surface area (Å²) in [5, 5.41) is 3.40. The predicted octanol–water partition coefficient (Wildman–Crippen LogP) is 4.84. The monoisotopic (exact) mass is 374 g/mol. The van der Waals surface area contributed by atoms with Crippen molar-refractivity contribution < 1.29 is 0 Å². The summed E-state index contributed by atoms with van der Waals surface area (Å²) in [4.78, 5) is 11.6. The molecule has 4 nitrogen and oxygen atoms in total. The van der Waals surface area contributed by atoms with Crippen molar-refractivity contribution in [3.05, 3.63) is 40.0 Å². The van der Waals surface area contributed by atoms with Gasteiger partial charge in [0.1, 0.15) is 5.82 Å². The second-order valence-electron chi connectivity index (χ2n) is 6.45. The van der Waals surface area contributed by atoms with Crippen molar-refractivity contribution in [3.63, 3.8) is 0 Å². The van der Waals surface area contributed by atoms with E-state index < -0.39 is 0 Å². The second-order valence-corrected chi connectivity index (χ2v) is 7.31. The van der Waals surface area contributed by atoms with E-state index >= 15 is 0 Å². The zero-order valence-corrected chi connectivity index (χ0v) is 15.5. The standard InChI is InChI=1S/C18H23BrN4/c1-12-6-8-23(9-7-12)18-20-14(3)11-17(22-18)21-15-4-5-16(19)13(2)10-15/h4-5,10-12H,6-9H2,1-3H3,(H,20,21,22). The molecule has 1 aromatic heterocycles. The molecule has 5 heteroatoms. The molecule has 122 valence electrons.